The lowest BCUT2D eigenvalue weighted by Gasteiger charge is -2.27. The third-order valence-corrected chi connectivity index (χ3v) is 2.64. The van der Waals surface area contributed by atoms with Crippen molar-refractivity contribution in [2.24, 2.45) is 5.84 Å². The first-order valence-electron chi connectivity index (χ1n) is 5.42. The zero-order valence-electron chi connectivity index (χ0n) is 9.96. The summed E-state index contributed by atoms with van der Waals surface area (Å²) in [6.45, 7) is 1.20. The molecule has 0 aliphatic rings. The number of aliphatic hydroxyl groups excluding tert-OH is 2. The Labute approximate surface area is 103 Å². The average Bonchev–Trinajstić information content (AvgIpc) is 2.86. The number of rotatable bonds is 5. The molecule has 0 radical (unpaired) electrons. The van der Waals surface area contributed by atoms with Crippen LogP contribution in [0.5, 0.6) is 0 Å². The third kappa shape index (κ3) is 2.21. The van der Waals surface area contributed by atoms with Crippen LogP contribution in [0.3, 0.4) is 0 Å². The van der Waals surface area contributed by atoms with Gasteiger partial charge in [-0.15, -0.1) is 0 Å². The lowest BCUT2D eigenvalue weighted by Crippen LogP contribution is -2.43. The number of hydrogen-bond acceptors (Lipinski definition) is 7. The van der Waals surface area contributed by atoms with E-state index in [4.69, 9.17) is 5.84 Å². The smallest absolute Gasteiger partial charge is 0.180 e. The van der Waals surface area contributed by atoms with E-state index in [1.54, 1.807) is 29.9 Å². The van der Waals surface area contributed by atoms with Gasteiger partial charge in [-0.05, 0) is 6.92 Å². The molecule has 0 spiro atoms. The van der Waals surface area contributed by atoms with E-state index in [0.717, 1.165) is 0 Å². The van der Waals surface area contributed by atoms with Crippen LogP contribution in [-0.2, 0) is 0 Å². The number of hydrazine groups is 1. The molecule has 98 valence electrons. The van der Waals surface area contributed by atoms with E-state index in [0.29, 0.717) is 17.3 Å². The second-order valence-electron chi connectivity index (χ2n) is 4.28. The molecule has 0 unspecified atom stereocenters. The van der Waals surface area contributed by atoms with Gasteiger partial charge in [-0.1, -0.05) is 0 Å². The zero-order chi connectivity index (χ0) is 13.2. The lowest BCUT2D eigenvalue weighted by molar-refractivity contribution is 0.147. The fourth-order valence-electron chi connectivity index (χ4n) is 1.50. The molecule has 0 saturated heterocycles. The van der Waals surface area contributed by atoms with Crippen LogP contribution in [0.1, 0.15) is 6.92 Å². The van der Waals surface area contributed by atoms with Crippen molar-refractivity contribution in [2.45, 2.75) is 12.5 Å². The molecule has 8 nitrogen and oxygen atoms in total. The van der Waals surface area contributed by atoms with E-state index < -0.39 is 5.54 Å². The van der Waals surface area contributed by atoms with Crippen molar-refractivity contribution >= 4 is 17.3 Å². The fraction of sp³-hybridized carbons (Fsp3) is 0.400. The Balaban J connectivity index is 2.45. The number of aromatic nitrogens is 3. The average molecular weight is 252 g/mol. The number of nitrogens with one attached hydrogen (secondary N) is 2. The highest BCUT2D eigenvalue weighted by atomic mass is 16.3. The minimum absolute atomic E-state index is 0.238. The first kappa shape index (κ1) is 12.6. The molecule has 6 N–H and O–H groups in total. The van der Waals surface area contributed by atoms with Crippen LogP contribution in [-0.4, -0.2) is 43.3 Å². The lowest BCUT2D eigenvalue weighted by atomic mass is 10.1. The van der Waals surface area contributed by atoms with Gasteiger partial charge in [0.05, 0.1) is 24.9 Å². The summed E-state index contributed by atoms with van der Waals surface area (Å²) >= 11 is 0. The molecule has 0 bridgehead atoms. The molecular formula is C10H16N6O2. The normalized spacial score (nSPS) is 11.8. The van der Waals surface area contributed by atoms with Crippen molar-refractivity contribution < 1.29 is 10.2 Å². The topological polar surface area (TPSA) is 121 Å². The molecule has 2 aromatic heterocycles. The molecule has 2 rings (SSSR count). The maximum Gasteiger partial charge on any atom is 0.180 e. The van der Waals surface area contributed by atoms with Crippen LogP contribution >= 0.6 is 0 Å². The minimum atomic E-state index is -0.882. The molecule has 0 fully saturated rings. The molecule has 0 aliphatic heterocycles. The van der Waals surface area contributed by atoms with Gasteiger partial charge in [0, 0.05) is 12.4 Å². The Hall–Kier alpha value is -1.90. The van der Waals surface area contributed by atoms with Crippen LogP contribution < -0.4 is 16.6 Å². The molecule has 8 heteroatoms. The number of hydrogen-bond donors (Lipinski definition) is 5. The molecule has 0 aliphatic carbocycles. The van der Waals surface area contributed by atoms with E-state index in [2.05, 4.69) is 20.7 Å². The predicted molar refractivity (Wildman–Crippen MR) is 67.0 cm³/mol. The van der Waals surface area contributed by atoms with Gasteiger partial charge in [-0.2, -0.15) is 0 Å². The molecule has 0 amide bonds. The van der Waals surface area contributed by atoms with Gasteiger partial charge in [0.25, 0.3) is 0 Å². The van der Waals surface area contributed by atoms with Gasteiger partial charge >= 0.3 is 0 Å². The standard InChI is InChI=1S/C10H16N6O2/c1-10(5-17,6-18)14-8-9-12-2-3-16(9)4-7(13-8)15-11/h2-4,15,17-18H,5-6,11H2,1H3,(H,13,14). The summed E-state index contributed by atoms with van der Waals surface area (Å²) in [7, 11) is 0. The van der Waals surface area contributed by atoms with E-state index in [1.165, 1.54) is 0 Å². The van der Waals surface area contributed by atoms with Crippen molar-refractivity contribution in [3.05, 3.63) is 18.6 Å². The largest absolute Gasteiger partial charge is 0.394 e. The second kappa shape index (κ2) is 4.77. The van der Waals surface area contributed by atoms with Crippen molar-refractivity contribution in [1.82, 2.24) is 14.4 Å². The molecule has 2 aromatic rings. The van der Waals surface area contributed by atoms with Gasteiger partial charge in [0.2, 0.25) is 0 Å². The molecular weight excluding hydrogens is 236 g/mol. The Morgan fingerprint density at radius 1 is 1.44 bits per heavy atom. The van der Waals surface area contributed by atoms with Gasteiger partial charge in [0.15, 0.2) is 17.3 Å². The first-order valence-corrected chi connectivity index (χ1v) is 5.42. The van der Waals surface area contributed by atoms with Crippen molar-refractivity contribution in [3.63, 3.8) is 0 Å². The number of nitrogens with zero attached hydrogens (tertiary/aromatic N) is 3. The quantitative estimate of drug-likeness (QED) is 0.348. The molecule has 2 heterocycles. The number of aliphatic hydroxyl groups is 2. The van der Waals surface area contributed by atoms with Gasteiger partial charge in [-0.3, -0.25) is 0 Å². The van der Waals surface area contributed by atoms with Crippen LogP contribution in [0, 0.1) is 0 Å². The number of fused-ring (bicyclic) bond motifs is 1. The number of imidazole rings is 1. The Bertz CT molecular complexity index is 536. The maximum atomic E-state index is 9.28. The monoisotopic (exact) mass is 252 g/mol. The predicted octanol–water partition coefficient (Wildman–Crippen LogP) is -0.830. The minimum Gasteiger partial charge on any atom is -0.394 e. The fourth-order valence-corrected chi connectivity index (χ4v) is 1.50. The summed E-state index contributed by atoms with van der Waals surface area (Å²) in [5.74, 6) is 6.21. The summed E-state index contributed by atoms with van der Waals surface area (Å²) in [5, 5.41) is 21.5. The van der Waals surface area contributed by atoms with Crippen molar-refractivity contribution in [3.8, 4) is 0 Å². The maximum absolute atomic E-state index is 9.28. The van der Waals surface area contributed by atoms with Gasteiger partial charge < -0.3 is 25.4 Å². The van der Waals surface area contributed by atoms with Crippen LogP contribution in [0.4, 0.5) is 11.6 Å². The first-order chi connectivity index (χ1) is 8.61. The molecule has 0 atom stereocenters. The highest BCUT2D eigenvalue weighted by Crippen LogP contribution is 2.19. The van der Waals surface area contributed by atoms with Gasteiger partial charge in [0.1, 0.15) is 0 Å². The zero-order valence-corrected chi connectivity index (χ0v) is 9.96. The Morgan fingerprint density at radius 3 is 2.78 bits per heavy atom. The van der Waals surface area contributed by atoms with Crippen LogP contribution in [0.25, 0.3) is 5.65 Å². The molecule has 18 heavy (non-hydrogen) atoms. The number of nitrogen functional groups attached to an aromatic ring is 1. The molecule has 0 aromatic carbocycles. The summed E-state index contributed by atoms with van der Waals surface area (Å²) in [6, 6.07) is 0. The summed E-state index contributed by atoms with van der Waals surface area (Å²) < 4.78 is 1.74. The Morgan fingerprint density at radius 2 is 2.17 bits per heavy atom. The second-order valence-corrected chi connectivity index (χ2v) is 4.28. The van der Waals surface area contributed by atoms with Crippen molar-refractivity contribution in [2.75, 3.05) is 24.0 Å². The SMILES string of the molecule is CC(CO)(CO)Nc1nc(NN)cn2ccnc12. The van der Waals surface area contributed by atoms with Crippen LogP contribution in [0.2, 0.25) is 0 Å². The van der Waals surface area contributed by atoms with Crippen LogP contribution in [0.15, 0.2) is 18.6 Å². The van der Waals surface area contributed by atoms with E-state index in [-0.39, 0.29) is 13.2 Å². The number of anilines is 2. The summed E-state index contributed by atoms with van der Waals surface area (Å²) in [6.07, 6.45) is 5.05. The third-order valence-electron chi connectivity index (χ3n) is 2.64. The molecule has 0 saturated carbocycles. The highest BCUT2D eigenvalue weighted by molar-refractivity contribution is 5.66. The van der Waals surface area contributed by atoms with E-state index in [9.17, 15) is 10.2 Å². The van der Waals surface area contributed by atoms with Crippen molar-refractivity contribution in [1.29, 1.82) is 0 Å². The highest BCUT2D eigenvalue weighted by Gasteiger charge is 2.24. The van der Waals surface area contributed by atoms with E-state index in [1.807, 2.05) is 0 Å². The van der Waals surface area contributed by atoms with E-state index >= 15 is 0 Å². The summed E-state index contributed by atoms with van der Waals surface area (Å²) in [4.78, 5) is 8.37. The van der Waals surface area contributed by atoms with Gasteiger partial charge in [-0.25, -0.2) is 15.8 Å². The Kier molecular flexibility index (Phi) is 3.32. The number of nitrogens with two attached hydrogens (primary N) is 1. The summed E-state index contributed by atoms with van der Waals surface area (Å²) in [5.41, 5.74) is 2.15.